The van der Waals surface area contributed by atoms with Crippen LogP contribution in [0.15, 0.2) is 30.3 Å². The van der Waals surface area contributed by atoms with Crippen molar-refractivity contribution in [2.45, 2.75) is 70.1 Å². The first kappa shape index (κ1) is 24.0. The number of likely N-dealkylation sites (tertiary alicyclic amines) is 1. The van der Waals surface area contributed by atoms with Crippen molar-refractivity contribution in [1.82, 2.24) is 14.7 Å². The van der Waals surface area contributed by atoms with Crippen LogP contribution in [0.5, 0.6) is 0 Å². The SMILES string of the molecule is CC(C)(C)OC(=O)N(C1CCN(CCC(=O)N2CCOCC2)CC1)[C@@H]1C[C@H]1c1ccccc1. The van der Waals surface area contributed by atoms with Gasteiger partial charge in [0.05, 0.1) is 13.2 Å². The Bertz CT molecular complexity index is 796. The highest BCUT2D eigenvalue weighted by Crippen LogP contribution is 2.46. The van der Waals surface area contributed by atoms with E-state index in [2.05, 4.69) is 29.2 Å². The Morgan fingerprint density at radius 3 is 2.36 bits per heavy atom. The van der Waals surface area contributed by atoms with Gasteiger partial charge in [0, 0.05) is 57.1 Å². The third-order valence-corrected chi connectivity index (χ3v) is 6.90. The zero-order valence-electron chi connectivity index (χ0n) is 20.4. The van der Waals surface area contributed by atoms with Gasteiger partial charge in [0.15, 0.2) is 0 Å². The second-order valence-corrected chi connectivity index (χ2v) is 10.5. The third-order valence-electron chi connectivity index (χ3n) is 6.90. The molecule has 1 aliphatic carbocycles. The Kier molecular flexibility index (Phi) is 7.59. The minimum absolute atomic E-state index is 0.185. The first-order valence-electron chi connectivity index (χ1n) is 12.5. The van der Waals surface area contributed by atoms with Gasteiger partial charge in [-0.2, -0.15) is 0 Å². The van der Waals surface area contributed by atoms with Crippen molar-refractivity contribution in [2.75, 3.05) is 45.9 Å². The van der Waals surface area contributed by atoms with Crippen molar-refractivity contribution in [3.63, 3.8) is 0 Å². The van der Waals surface area contributed by atoms with Gasteiger partial charge >= 0.3 is 6.09 Å². The number of hydrogen-bond acceptors (Lipinski definition) is 5. The zero-order chi connectivity index (χ0) is 23.4. The average molecular weight is 458 g/mol. The molecule has 7 heteroatoms. The number of carbonyl (C=O) groups excluding carboxylic acids is 2. The summed E-state index contributed by atoms with van der Waals surface area (Å²) in [5.41, 5.74) is 0.794. The van der Waals surface area contributed by atoms with Crippen LogP contribution in [0.3, 0.4) is 0 Å². The molecule has 1 aromatic rings. The Morgan fingerprint density at radius 1 is 1.06 bits per heavy atom. The van der Waals surface area contributed by atoms with Crippen LogP contribution in [-0.2, 0) is 14.3 Å². The molecule has 2 amide bonds. The summed E-state index contributed by atoms with van der Waals surface area (Å²) in [6.07, 6.45) is 3.20. The van der Waals surface area contributed by atoms with E-state index in [-0.39, 0.29) is 24.1 Å². The van der Waals surface area contributed by atoms with Crippen molar-refractivity contribution in [2.24, 2.45) is 0 Å². The minimum atomic E-state index is -0.507. The maximum Gasteiger partial charge on any atom is 0.410 e. The highest BCUT2D eigenvalue weighted by Gasteiger charge is 2.48. The molecule has 0 spiro atoms. The molecule has 1 aromatic carbocycles. The summed E-state index contributed by atoms with van der Waals surface area (Å²) < 4.78 is 11.2. The molecule has 2 saturated heterocycles. The number of hydrogen-bond donors (Lipinski definition) is 0. The Labute approximate surface area is 198 Å². The predicted octanol–water partition coefficient (Wildman–Crippen LogP) is 3.49. The molecule has 4 rings (SSSR count). The van der Waals surface area contributed by atoms with Gasteiger partial charge < -0.3 is 24.2 Å². The van der Waals surface area contributed by atoms with Crippen molar-refractivity contribution in [3.8, 4) is 0 Å². The number of morpholine rings is 1. The number of carbonyl (C=O) groups is 2. The lowest BCUT2D eigenvalue weighted by Crippen LogP contribution is -2.50. The zero-order valence-corrected chi connectivity index (χ0v) is 20.4. The Hall–Kier alpha value is -2.12. The predicted molar refractivity (Wildman–Crippen MR) is 127 cm³/mol. The quantitative estimate of drug-likeness (QED) is 0.654. The van der Waals surface area contributed by atoms with E-state index in [1.54, 1.807) is 0 Å². The van der Waals surface area contributed by atoms with Crippen LogP contribution in [0.25, 0.3) is 0 Å². The van der Waals surface area contributed by atoms with E-state index in [4.69, 9.17) is 9.47 Å². The van der Waals surface area contributed by atoms with Gasteiger partial charge in [-0.05, 0) is 45.6 Å². The monoisotopic (exact) mass is 457 g/mol. The molecule has 2 aliphatic heterocycles. The molecule has 0 N–H and O–H groups in total. The molecule has 3 fully saturated rings. The van der Waals surface area contributed by atoms with Crippen molar-refractivity contribution in [3.05, 3.63) is 35.9 Å². The second-order valence-electron chi connectivity index (χ2n) is 10.5. The summed E-state index contributed by atoms with van der Waals surface area (Å²) in [6.45, 7) is 11.1. The van der Waals surface area contributed by atoms with E-state index in [0.29, 0.717) is 38.6 Å². The van der Waals surface area contributed by atoms with Gasteiger partial charge in [-0.1, -0.05) is 30.3 Å². The molecule has 3 aliphatic rings. The lowest BCUT2D eigenvalue weighted by Gasteiger charge is -2.39. The average Bonchev–Trinajstić information content (AvgIpc) is 3.59. The van der Waals surface area contributed by atoms with E-state index in [1.807, 2.05) is 36.6 Å². The van der Waals surface area contributed by atoms with Crippen LogP contribution < -0.4 is 0 Å². The fourth-order valence-electron chi connectivity index (χ4n) is 5.06. The second kappa shape index (κ2) is 10.4. The summed E-state index contributed by atoms with van der Waals surface area (Å²) in [4.78, 5) is 32.0. The maximum absolute atomic E-state index is 13.2. The fraction of sp³-hybridized carbons (Fsp3) is 0.692. The molecule has 2 atom stereocenters. The normalized spacial score (nSPS) is 24.4. The van der Waals surface area contributed by atoms with Crippen LogP contribution in [0, 0.1) is 0 Å². The Balaban J connectivity index is 1.32. The number of amides is 2. The first-order chi connectivity index (χ1) is 15.8. The molecule has 1 saturated carbocycles. The number of rotatable bonds is 6. The van der Waals surface area contributed by atoms with Gasteiger partial charge in [-0.25, -0.2) is 4.79 Å². The number of benzene rings is 1. The van der Waals surface area contributed by atoms with Gasteiger partial charge in [0.25, 0.3) is 0 Å². The van der Waals surface area contributed by atoms with Crippen LogP contribution in [0.2, 0.25) is 0 Å². The highest BCUT2D eigenvalue weighted by atomic mass is 16.6. The van der Waals surface area contributed by atoms with E-state index < -0.39 is 5.60 Å². The van der Waals surface area contributed by atoms with Gasteiger partial charge in [0.1, 0.15) is 5.60 Å². The van der Waals surface area contributed by atoms with Gasteiger partial charge in [-0.15, -0.1) is 0 Å². The molecule has 0 bridgehead atoms. The van der Waals surface area contributed by atoms with Crippen molar-refractivity contribution < 1.29 is 19.1 Å². The molecule has 0 radical (unpaired) electrons. The number of ether oxygens (including phenoxy) is 2. The smallest absolute Gasteiger partial charge is 0.410 e. The van der Waals surface area contributed by atoms with E-state index in [1.165, 1.54) is 5.56 Å². The third kappa shape index (κ3) is 6.48. The van der Waals surface area contributed by atoms with E-state index in [9.17, 15) is 9.59 Å². The molecular weight excluding hydrogens is 418 g/mol. The summed E-state index contributed by atoms with van der Waals surface area (Å²) in [6, 6.07) is 10.9. The molecule has 0 unspecified atom stereocenters. The standard InChI is InChI=1S/C26H39N3O4/c1-26(2,3)33-25(31)29(23-19-22(23)20-7-5-4-6-8-20)21-9-12-27(13-10-21)14-11-24(30)28-15-17-32-18-16-28/h4-8,21-23H,9-19H2,1-3H3/t22-,23+/m0/s1. The lowest BCUT2D eigenvalue weighted by molar-refractivity contribution is -0.135. The molecule has 33 heavy (non-hydrogen) atoms. The molecule has 182 valence electrons. The lowest BCUT2D eigenvalue weighted by atomic mass is 10.0. The highest BCUT2D eigenvalue weighted by molar-refractivity contribution is 5.76. The van der Waals surface area contributed by atoms with Gasteiger partial charge in [0.2, 0.25) is 5.91 Å². The summed E-state index contributed by atoms with van der Waals surface area (Å²) in [7, 11) is 0. The van der Waals surface area contributed by atoms with Crippen molar-refractivity contribution >= 4 is 12.0 Å². The molecule has 7 nitrogen and oxygen atoms in total. The van der Waals surface area contributed by atoms with Crippen LogP contribution >= 0.6 is 0 Å². The van der Waals surface area contributed by atoms with Gasteiger partial charge in [-0.3, -0.25) is 4.79 Å². The van der Waals surface area contributed by atoms with E-state index >= 15 is 0 Å². The minimum Gasteiger partial charge on any atom is -0.444 e. The van der Waals surface area contributed by atoms with Crippen LogP contribution in [-0.4, -0.2) is 90.3 Å². The first-order valence-corrected chi connectivity index (χ1v) is 12.5. The maximum atomic E-state index is 13.2. The summed E-state index contributed by atoms with van der Waals surface area (Å²) >= 11 is 0. The van der Waals surface area contributed by atoms with Crippen molar-refractivity contribution in [1.29, 1.82) is 0 Å². The fourth-order valence-corrected chi connectivity index (χ4v) is 5.06. The molecular formula is C26H39N3O4. The Morgan fingerprint density at radius 2 is 1.73 bits per heavy atom. The topological polar surface area (TPSA) is 62.3 Å². The van der Waals surface area contributed by atoms with Crippen LogP contribution in [0.4, 0.5) is 4.79 Å². The van der Waals surface area contributed by atoms with E-state index in [0.717, 1.165) is 38.9 Å². The molecule has 0 aromatic heterocycles. The van der Waals surface area contributed by atoms with Crippen LogP contribution in [0.1, 0.15) is 57.9 Å². The number of nitrogens with zero attached hydrogens (tertiary/aromatic N) is 3. The summed E-state index contributed by atoms with van der Waals surface area (Å²) in [5, 5.41) is 0. The molecule has 2 heterocycles. The largest absolute Gasteiger partial charge is 0.444 e. The number of piperidine rings is 1. The summed E-state index contributed by atoms with van der Waals surface area (Å²) in [5.74, 6) is 0.613.